The summed E-state index contributed by atoms with van der Waals surface area (Å²) in [6, 6.07) is 6.13. The molecule has 0 heterocycles. The molecule has 1 rings (SSSR count). The van der Waals surface area contributed by atoms with E-state index >= 15 is 0 Å². The monoisotopic (exact) mass is 255 g/mol. The third-order valence-corrected chi connectivity index (χ3v) is 3.88. The van der Waals surface area contributed by atoms with Crippen LogP contribution in [0.3, 0.4) is 0 Å². The fourth-order valence-electron chi connectivity index (χ4n) is 1.60. The van der Waals surface area contributed by atoms with Gasteiger partial charge in [0.05, 0.1) is 7.11 Å². The number of ether oxygens (including phenoxy) is 1. The predicted molar refractivity (Wildman–Crippen MR) is 73.0 cm³/mol. The molecular formula is C13H21NO2S. The second kappa shape index (κ2) is 7.45. The Labute approximate surface area is 106 Å². The average molecular weight is 255 g/mol. The molecule has 0 fully saturated rings. The minimum Gasteiger partial charge on any atom is -0.496 e. The number of hydrogen-bond donors (Lipinski definition) is 1. The lowest BCUT2D eigenvalue weighted by Crippen LogP contribution is -2.21. The summed E-state index contributed by atoms with van der Waals surface area (Å²) in [7, 11) is 0.991. The summed E-state index contributed by atoms with van der Waals surface area (Å²) < 4.78 is 16.5. The second-order valence-corrected chi connectivity index (χ2v) is 5.79. The van der Waals surface area contributed by atoms with E-state index in [1.165, 1.54) is 5.56 Å². The molecule has 3 nitrogen and oxygen atoms in total. The van der Waals surface area contributed by atoms with Gasteiger partial charge in [-0.3, -0.25) is 4.21 Å². The number of aryl methyl sites for hydroxylation is 1. The van der Waals surface area contributed by atoms with Gasteiger partial charge < -0.3 is 10.1 Å². The number of rotatable bonds is 7. The molecule has 17 heavy (non-hydrogen) atoms. The van der Waals surface area contributed by atoms with E-state index in [0.717, 1.165) is 30.2 Å². The summed E-state index contributed by atoms with van der Waals surface area (Å²) in [6.07, 6.45) is 0. The van der Waals surface area contributed by atoms with E-state index in [1.54, 1.807) is 7.11 Å². The van der Waals surface area contributed by atoms with Crippen LogP contribution in [0, 0.1) is 6.92 Å². The minimum atomic E-state index is -0.690. The summed E-state index contributed by atoms with van der Waals surface area (Å²) in [5.74, 6) is 2.35. The molecule has 0 amide bonds. The van der Waals surface area contributed by atoms with Crippen LogP contribution in [-0.2, 0) is 17.3 Å². The van der Waals surface area contributed by atoms with Gasteiger partial charge in [-0.25, -0.2) is 0 Å². The molecule has 0 bridgehead atoms. The molecule has 1 aromatic carbocycles. The summed E-state index contributed by atoms with van der Waals surface area (Å²) in [6.45, 7) is 5.54. The van der Waals surface area contributed by atoms with E-state index in [2.05, 4.69) is 18.3 Å². The van der Waals surface area contributed by atoms with Gasteiger partial charge >= 0.3 is 0 Å². The van der Waals surface area contributed by atoms with Gasteiger partial charge in [-0.05, 0) is 13.0 Å². The minimum absolute atomic E-state index is 0.690. The first-order valence-electron chi connectivity index (χ1n) is 5.86. The molecule has 1 N–H and O–H groups in total. The van der Waals surface area contributed by atoms with E-state index < -0.39 is 10.8 Å². The Morgan fingerprint density at radius 2 is 2.18 bits per heavy atom. The van der Waals surface area contributed by atoms with Gasteiger partial charge in [-0.15, -0.1) is 0 Å². The number of nitrogens with one attached hydrogen (secondary N) is 1. The van der Waals surface area contributed by atoms with Gasteiger partial charge in [0.15, 0.2) is 0 Å². The van der Waals surface area contributed by atoms with Crippen LogP contribution < -0.4 is 10.1 Å². The topological polar surface area (TPSA) is 38.3 Å². The first kappa shape index (κ1) is 14.2. The number of methoxy groups -OCH3 is 1. The molecule has 1 atom stereocenters. The zero-order valence-corrected chi connectivity index (χ0v) is 11.6. The van der Waals surface area contributed by atoms with E-state index in [-0.39, 0.29) is 0 Å². The Hall–Kier alpha value is -0.870. The summed E-state index contributed by atoms with van der Waals surface area (Å²) in [5, 5.41) is 3.30. The quantitative estimate of drug-likeness (QED) is 0.756. The average Bonchev–Trinajstić information content (AvgIpc) is 2.34. The number of hydrogen-bond acceptors (Lipinski definition) is 3. The molecule has 96 valence electrons. The van der Waals surface area contributed by atoms with E-state index in [1.807, 2.05) is 19.1 Å². The summed E-state index contributed by atoms with van der Waals surface area (Å²) in [4.78, 5) is 0. The highest BCUT2D eigenvalue weighted by atomic mass is 32.2. The van der Waals surface area contributed by atoms with Crippen molar-refractivity contribution in [1.29, 1.82) is 0 Å². The standard InChI is InChI=1S/C13H21NO2S/c1-4-17(15)8-7-14-10-12-9-11(2)5-6-13(12)16-3/h5-6,9,14H,4,7-8,10H2,1-3H3. The normalized spacial score (nSPS) is 12.4. The van der Waals surface area contributed by atoms with Crippen LogP contribution in [0.4, 0.5) is 0 Å². The van der Waals surface area contributed by atoms with Gasteiger partial charge in [0.1, 0.15) is 5.75 Å². The maximum absolute atomic E-state index is 11.2. The fourth-order valence-corrected chi connectivity index (χ4v) is 2.26. The lowest BCUT2D eigenvalue weighted by Gasteiger charge is -2.10. The Balaban J connectivity index is 2.45. The van der Waals surface area contributed by atoms with Crippen molar-refractivity contribution in [3.05, 3.63) is 29.3 Å². The number of benzene rings is 1. The zero-order chi connectivity index (χ0) is 12.7. The SMILES string of the molecule is CCS(=O)CCNCc1cc(C)ccc1OC. The van der Waals surface area contributed by atoms with Crippen molar-refractivity contribution >= 4 is 10.8 Å². The van der Waals surface area contributed by atoms with Crippen molar-refractivity contribution in [1.82, 2.24) is 5.32 Å². The van der Waals surface area contributed by atoms with Crippen LogP contribution in [0.1, 0.15) is 18.1 Å². The first-order chi connectivity index (χ1) is 8.17. The Morgan fingerprint density at radius 1 is 1.41 bits per heavy atom. The van der Waals surface area contributed by atoms with Crippen molar-refractivity contribution in [2.24, 2.45) is 0 Å². The van der Waals surface area contributed by atoms with Gasteiger partial charge in [-0.1, -0.05) is 24.6 Å². The van der Waals surface area contributed by atoms with Gasteiger partial charge in [0, 0.05) is 41.0 Å². The lowest BCUT2D eigenvalue weighted by molar-refractivity contribution is 0.408. The molecule has 0 saturated carbocycles. The van der Waals surface area contributed by atoms with Crippen LogP contribution in [0.2, 0.25) is 0 Å². The Kier molecular flexibility index (Phi) is 6.22. The highest BCUT2D eigenvalue weighted by Gasteiger charge is 2.03. The van der Waals surface area contributed by atoms with E-state index in [0.29, 0.717) is 5.75 Å². The third kappa shape index (κ3) is 4.88. The molecule has 0 aromatic heterocycles. The molecule has 0 aliphatic rings. The lowest BCUT2D eigenvalue weighted by atomic mass is 10.1. The molecular weight excluding hydrogens is 234 g/mol. The van der Waals surface area contributed by atoms with Crippen LogP contribution in [0.15, 0.2) is 18.2 Å². The van der Waals surface area contributed by atoms with Crippen LogP contribution >= 0.6 is 0 Å². The fraction of sp³-hybridized carbons (Fsp3) is 0.538. The van der Waals surface area contributed by atoms with Gasteiger partial charge in [0.2, 0.25) is 0 Å². The maximum Gasteiger partial charge on any atom is 0.123 e. The predicted octanol–water partition coefficient (Wildman–Crippen LogP) is 1.86. The van der Waals surface area contributed by atoms with Crippen molar-refractivity contribution in [2.75, 3.05) is 25.2 Å². The largest absolute Gasteiger partial charge is 0.496 e. The first-order valence-corrected chi connectivity index (χ1v) is 7.35. The molecule has 0 aliphatic carbocycles. The maximum atomic E-state index is 11.2. The third-order valence-electron chi connectivity index (χ3n) is 2.58. The smallest absolute Gasteiger partial charge is 0.123 e. The molecule has 0 aliphatic heterocycles. The van der Waals surface area contributed by atoms with Crippen molar-refractivity contribution in [3.63, 3.8) is 0 Å². The summed E-state index contributed by atoms with van der Waals surface area (Å²) in [5.41, 5.74) is 2.37. The van der Waals surface area contributed by atoms with Crippen LogP contribution in [-0.4, -0.2) is 29.4 Å². The molecule has 1 aromatic rings. The van der Waals surface area contributed by atoms with E-state index in [9.17, 15) is 4.21 Å². The van der Waals surface area contributed by atoms with Crippen LogP contribution in [0.25, 0.3) is 0 Å². The molecule has 0 saturated heterocycles. The van der Waals surface area contributed by atoms with Crippen molar-refractivity contribution in [2.45, 2.75) is 20.4 Å². The van der Waals surface area contributed by atoms with Crippen molar-refractivity contribution < 1.29 is 8.95 Å². The molecule has 0 radical (unpaired) electrons. The second-order valence-electron chi connectivity index (χ2n) is 3.92. The molecule has 1 unspecified atom stereocenters. The Morgan fingerprint density at radius 3 is 2.82 bits per heavy atom. The highest BCUT2D eigenvalue weighted by molar-refractivity contribution is 7.84. The zero-order valence-electron chi connectivity index (χ0n) is 10.8. The highest BCUT2D eigenvalue weighted by Crippen LogP contribution is 2.19. The Bertz CT molecular complexity index is 380. The summed E-state index contributed by atoms with van der Waals surface area (Å²) >= 11 is 0. The molecule has 0 spiro atoms. The van der Waals surface area contributed by atoms with Gasteiger partial charge in [-0.2, -0.15) is 0 Å². The van der Waals surface area contributed by atoms with Crippen LogP contribution in [0.5, 0.6) is 5.75 Å². The van der Waals surface area contributed by atoms with E-state index in [4.69, 9.17) is 4.74 Å². The van der Waals surface area contributed by atoms with Crippen molar-refractivity contribution in [3.8, 4) is 5.75 Å². The molecule has 4 heteroatoms. The van der Waals surface area contributed by atoms with Gasteiger partial charge in [0.25, 0.3) is 0 Å².